The minimum atomic E-state index is -0.0167. The highest BCUT2D eigenvalue weighted by molar-refractivity contribution is 5.78. The van der Waals surface area contributed by atoms with Gasteiger partial charge in [-0.15, -0.1) is 0 Å². The average Bonchev–Trinajstić information content (AvgIpc) is 2.44. The second kappa shape index (κ2) is 9.20. The molecule has 0 aliphatic rings. The lowest BCUT2D eigenvalue weighted by Crippen LogP contribution is -2.35. The highest BCUT2D eigenvalue weighted by Crippen LogP contribution is 2.07. The van der Waals surface area contributed by atoms with Crippen molar-refractivity contribution in [2.45, 2.75) is 26.8 Å². The number of rotatable bonds is 8. The minimum absolute atomic E-state index is 0.0123. The van der Waals surface area contributed by atoms with Crippen LogP contribution in [0.2, 0.25) is 0 Å². The van der Waals surface area contributed by atoms with Crippen molar-refractivity contribution in [1.82, 2.24) is 15.1 Å². The highest BCUT2D eigenvalue weighted by atomic mass is 16.2. The van der Waals surface area contributed by atoms with Gasteiger partial charge in [0.15, 0.2) is 0 Å². The summed E-state index contributed by atoms with van der Waals surface area (Å²) in [6, 6.07) is 8.09. The zero-order valence-electron chi connectivity index (χ0n) is 14.1. The minimum Gasteiger partial charge on any atom is -0.355 e. The van der Waals surface area contributed by atoms with E-state index >= 15 is 0 Å². The molecule has 1 N–H and O–H groups in total. The van der Waals surface area contributed by atoms with Gasteiger partial charge in [-0.1, -0.05) is 29.8 Å². The molecule has 22 heavy (non-hydrogen) atoms. The highest BCUT2D eigenvalue weighted by Gasteiger charge is 2.11. The number of hydrogen-bond acceptors (Lipinski definition) is 3. The Morgan fingerprint density at radius 3 is 2.27 bits per heavy atom. The first-order chi connectivity index (χ1) is 10.4. The Bertz CT molecular complexity index is 483. The van der Waals surface area contributed by atoms with Crippen LogP contribution < -0.4 is 5.32 Å². The van der Waals surface area contributed by atoms with Gasteiger partial charge < -0.3 is 15.1 Å². The summed E-state index contributed by atoms with van der Waals surface area (Å²) in [5, 5.41) is 2.86. The third-order valence-corrected chi connectivity index (χ3v) is 3.43. The van der Waals surface area contributed by atoms with Gasteiger partial charge >= 0.3 is 0 Å². The van der Waals surface area contributed by atoms with Crippen LogP contribution in [0.4, 0.5) is 0 Å². The summed E-state index contributed by atoms with van der Waals surface area (Å²) < 4.78 is 0. The molecule has 0 radical (unpaired) electrons. The lowest BCUT2D eigenvalue weighted by Gasteiger charge is -2.21. The molecule has 0 saturated carbocycles. The molecule has 0 aliphatic carbocycles. The molecule has 5 heteroatoms. The molecular formula is C17H27N3O2. The molecule has 1 rings (SSSR count). The molecule has 0 atom stereocenters. The largest absolute Gasteiger partial charge is 0.355 e. The van der Waals surface area contributed by atoms with E-state index in [9.17, 15) is 9.59 Å². The fraction of sp³-hybridized carbons (Fsp3) is 0.529. The van der Waals surface area contributed by atoms with Gasteiger partial charge in [0, 0.05) is 39.5 Å². The van der Waals surface area contributed by atoms with E-state index < -0.39 is 0 Å². The third kappa shape index (κ3) is 7.22. The molecule has 0 fully saturated rings. The zero-order chi connectivity index (χ0) is 16.5. The number of likely N-dealkylation sites (N-methyl/N-ethyl adjacent to an activating group) is 1. The van der Waals surface area contributed by atoms with Crippen molar-refractivity contribution < 1.29 is 9.59 Å². The van der Waals surface area contributed by atoms with E-state index in [0.717, 1.165) is 12.1 Å². The summed E-state index contributed by atoms with van der Waals surface area (Å²) in [5.41, 5.74) is 2.27. The number of nitrogens with one attached hydrogen (secondary N) is 1. The summed E-state index contributed by atoms with van der Waals surface area (Å²) in [5.74, 6) is -0.0290. The molecule has 0 aliphatic heterocycles. The maximum Gasteiger partial charge on any atom is 0.221 e. The third-order valence-electron chi connectivity index (χ3n) is 3.43. The van der Waals surface area contributed by atoms with Gasteiger partial charge in [-0.05, 0) is 26.6 Å². The Kier molecular flexibility index (Phi) is 7.60. The van der Waals surface area contributed by atoms with Gasteiger partial charge in [0.2, 0.25) is 11.8 Å². The number of nitrogens with zero attached hydrogens (tertiary/aromatic N) is 2. The van der Waals surface area contributed by atoms with Crippen molar-refractivity contribution in [2.75, 3.05) is 33.7 Å². The van der Waals surface area contributed by atoms with Crippen LogP contribution in [0.25, 0.3) is 0 Å². The predicted octanol–water partition coefficient (Wildman–Crippen LogP) is 1.41. The number of carbonyl (C=O) groups excluding carboxylic acids is 2. The van der Waals surface area contributed by atoms with Crippen molar-refractivity contribution in [3.63, 3.8) is 0 Å². The lowest BCUT2D eigenvalue weighted by molar-refractivity contribution is -0.130. The van der Waals surface area contributed by atoms with E-state index in [1.165, 1.54) is 12.5 Å². The Morgan fingerprint density at radius 1 is 1.09 bits per heavy atom. The van der Waals surface area contributed by atoms with Gasteiger partial charge in [0.05, 0.1) is 0 Å². The monoisotopic (exact) mass is 305 g/mol. The molecule has 122 valence electrons. The van der Waals surface area contributed by atoms with Crippen molar-refractivity contribution in [2.24, 2.45) is 0 Å². The molecule has 5 nitrogen and oxygen atoms in total. The van der Waals surface area contributed by atoms with Crippen molar-refractivity contribution in [3.05, 3.63) is 35.4 Å². The van der Waals surface area contributed by atoms with E-state index in [0.29, 0.717) is 26.1 Å². The number of aryl methyl sites for hydroxylation is 1. The van der Waals surface area contributed by atoms with Crippen LogP contribution in [-0.4, -0.2) is 55.3 Å². The van der Waals surface area contributed by atoms with Crippen LogP contribution in [0, 0.1) is 6.92 Å². The molecule has 0 spiro atoms. The molecule has 0 heterocycles. The predicted molar refractivity (Wildman–Crippen MR) is 88.5 cm³/mol. The molecule has 0 bridgehead atoms. The quantitative estimate of drug-likeness (QED) is 0.790. The van der Waals surface area contributed by atoms with E-state index in [-0.39, 0.29) is 11.8 Å². The first-order valence-corrected chi connectivity index (χ1v) is 7.61. The summed E-state index contributed by atoms with van der Waals surface area (Å²) in [6.45, 7) is 6.00. The topological polar surface area (TPSA) is 52.7 Å². The van der Waals surface area contributed by atoms with Gasteiger partial charge in [-0.3, -0.25) is 9.59 Å². The van der Waals surface area contributed by atoms with Gasteiger partial charge in [0.25, 0.3) is 0 Å². The Balaban J connectivity index is 2.42. The summed E-state index contributed by atoms with van der Waals surface area (Å²) >= 11 is 0. The standard InChI is InChI=1S/C17H27N3O2/c1-14-5-7-16(8-6-14)13-20(15(2)21)11-9-17(22)18-10-12-19(3)4/h5-8H,9-13H2,1-4H3,(H,18,22). The van der Waals surface area contributed by atoms with Crippen molar-refractivity contribution >= 4 is 11.8 Å². The van der Waals surface area contributed by atoms with E-state index in [1.807, 2.05) is 50.2 Å². The van der Waals surface area contributed by atoms with Crippen LogP contribution in [0.15, 0.2) is 24.3 Å². The fourth-order valence-corrected chi connectivity index (χ4v) is 2.01. The van der Waals surface area contributed by atoms with E-state index in [1.54, 1.807) is 4.90 Å². The Hall–Kier alpha value is -1.88. The molecule has 0 saturated heterocycles. The van der Waals surface area contributed by atoms with E-state index in [4.69, 9.17) is 0 Å². The van der Waals surface area contributed by atoms with Crippen LogP contribution in [-0.2, 0) is 16.1 Å². The molecule has 0 aromatic heterocycles. The van der Waals surface area contributed by atoms with Crippen LogP contribution >= 0.6 is 0 Å². The maximum absolute atomic E-state index is 11.8. The molecule has 1 aromatic carbocycles. The van der Waals surface area contributed by atoms with Crippen LogP contribution in [0.3, 0.4) is 0 Å². The average molecular weight is 305 g/mol. The SMILES string of the molecule is CC(=O)N(CCC(=O)NCCN(C)C)Cc1ccc(C)cc1. The van der Waals surface area contributed by atoms with E-state index in [2.05, 4.69) is 5.32 Å². The molecule has 2 amide bonds. The second-order valence-corrected chi connectivity index (χ2v) is 5.83. The number of carbonyl (C=O) groups is 2. The van der Waals surface area contributed by atoms with Crippen LogP contribution in [0.5, 0.6) is 0 Å². The van der Waals surface area contributed by atoms with Gasteiger partial charge in [0.1, 0.15) is 0 Å². The van der Waals surface area contributed by atoms with Crippen LogP contribution in [0.1, 0.15) is 24.5 Å². The first kappa shape index (κ1) is 18.2. The number of benzene rings is 1. The second-order valence-electron chi connectivity index (χ2n) is 5.83. The van der Waals surface area contributed by atoms with Gasteiger partial charge in [-0.25, -0.2) is 0 Å². The summed E-state index contributed by atoms with van der Waals surface area (Å²) in [6.07, 6.45) is 0.332. The van der Waals surface area contributed by atoms with Gasteiger partial charge in [-0.2, -0.15) is 0 Å². The number of hydrogen-bond donors (Lipinski definition) is 1. The lowest BCUT2D eigenvalue weighted by atomic mass is 10.1. The number of amides is 2. The molecular weight excluding hydrogens is 278 g/mol. The smallest absolute Gasteiger partial charge is 0.221 e. The molecule has 0 unspecified atom stereocenters. The first-order valence-electron chi connectivity index (χ1n) is 7.61. The summed E-state index contributed by atoms with van der Waals surface area (Å²) in [7, 11) is 3.93. The van der Waals surface area contributed by atoms with Crippen molar-refractivity contribution in [3.8, 4) is 0 Å². The zero-order valence-corrected chi connectivity index (χ0v) is 14.1. The maximum atomic E-state index is 11.8. The Labute approximate surface area is 133 Å². The molecule has 1 aromatic rings. The fourth-order valence-electron chi connectivity index (χ4n) is 2.01. The normalized spacial score (nSPS) is 10.6. The summed E-state index contributed by atoms with van der Waals surface area (Å²) in [4.78, 5) is 27.2. The van der Waals surface area contributed by atoms with Crippen molar-refractivity contribution in [1.29, 1.82) is 0 Å². The Morgan fingerprint density at radius 2 is 1.73 bits per heavy atom.